The first kappa shape index (κ1) is 29.1. The van der Waals surface area contributed by atoms with Crippen LogP contribution in [0.4, 0.5) is 4.79 Å². The topological polar surface area (TPSA) is 114 Å². The van der Waals surface area contributed by atoms with Crippen LogP contribution in [0.5, 0.6) is 0 Å². The zero-order valence-corrected chi connectivity index (χ0v) is 21.2. The van der Waals surface area contributed by atoms with Crippen molar-refractivity contribution in [3.05, 3.63) is 35.9 Å². The van der Waals surface area contributed by atoms with E-state index in [0.717, 1.165) is 31.2 Å². The second-order valence-electron chi connectivity index (χ2n) is 8.91. The molecule has 34 heavy (non-hydrogen) atoms. The summed E-state index contributed by atoms with van der Waals surface area (Å²) in [4.78, 5) is 50.7. The molecular formula is C26H41N3O5. The summed E-state index contributed by atoms with van der Waals surface area (Å²) in [5.41, 5.74) is 0.806. The van der Waals surface area contributed by atoms with Gasteiger partial charge in [-0.25, -0.2) is 4.79 Å². The molecule has 2 atom stereocenters. The summed E-state index contributed by atoms with van der Waals surface area (Å²) in [7, 11) is 0. The van der Waals surface area contributed by atoms with Crippen LogP contribution < -0.4 is 16.0 Å². The van der Waals surface area contributed by atoms with Crippen LogP contribution in [0.25, 0.3) is 0 Å². The van der Waals surface area contributed by atoms with E-state index in [2.05, 4.69) is 16.0 Å². The van der Waals surface area contributed by atoms with Gasteiger partial charge < -0.3 is 20.7 Å². The van der Waals surface area contributed by atoms with Gasteiger partial charge in [0.2, 0.25) is 11.7 Å². The fourth-order valence-corrected chi connectivity index (χ4v) is 3.67. The molecule has 1 aromatic rings. The molecule has 0 aromatic heterocycles. The molecule has 0 heterocycles. The van der Waals surface area contributed by atoms with Crippen molar-refractivity contribution < 1.29 is 23.9 Å². The van der Waals surface area contributed by atoms with E-state index in [-0.39, 0.29) is 18.4 Å². The molecule has 0 radical (unpaired) electrons. The molecule has 8 nitrogen and oxygen atoms in total. The predicted octanol–water partition coefficient (Wildman–Crippen LogP) is 3.53. The SMILES string of the molecule is CCCC(CCC)OC(=O)N[C@@H](CC(C)C)C(=O)N[C@@H](Cc1ccccc1)C(=O)C(=O)NCC. The number of carbonyl (C=O) groups is 4. The van der Waals surface area contributed by atoms with E-state index in [1.54, 1.807) is 6.92 Å². The van der Waals surface area contributed by atoms with Gasteiger partial charge in [0.1, 0.15) is 18.2 Å². The number of ether oxygens (including phenoxy) is 1. The summed E-state index contributed by atoms with van der Waals surface area (Å²) in [5.74, 6) is -1.90. The van der Waals surface area contributed by atoms with Crippen molar-refractivity contribution in [2.24, 2.45) is 5.92 Å². The standard InChI is InChI=1S/C26H41N3O5/c1-6-12-20(13-7-2)34-26(33)29-22(16-18(4)5)24(31)28-21(23(30)25(32)27-8-3)17-19-14-10-9-11-15-19/h9-11,14-15,18,20-22H,6-8,12-13,16-17H2,1-5H3,(H,27,32)(H,28,31)(H,29,33)/t21-,22-/m0/s1. The molecule has 1 rings (SSSR count). The van der Waals surface area contributed by atoms with E-state index >= 15 is 0 Å². The van der Waals surface area contributed by atoms with Gasteiger partial charge in [0.25, 0.3) is 5.91 Å². The molecule has 0 saturated heterocycles. The second-order valence-corrected chi connectivity index (χ2v) is 8.91. The Balaban J connectivity index is 2.99. The maximum atomic E-state index is 13.2. The number of rotatable bonds is 15. The van der Waals surface area contributed by atoms with Crippen LogP contribution in [0.3, 0.4) is 0 Å². The fraction of sp³-hybridized carbons (Fsp3) is 0.615. The highest BCUT2D eigenvalue weighted by atomic mass is 16.6. The lowest BCUT2D eigenvalue weighted by Gasteiger charge is -2.25. The Bertz CT molecular complexity index is 776. The molecule has 8 heteroatoms. The van der Waals surface area contributed by atoms with Crippen molar-refractivity contribution in [3.63, 3.8) is 0 Å². The number of hydrogen-bond donors (Lipinski definition) is 3. The average molecular weight is 476 g/mol. The number of carbonyl (C=O) groups excluding carboxylic acids is 4. The van der Waals surface area contributed by atoms with Crippen LogP contribution in [-0.2, 0) is 25.5 Å². The van der Waals surface area contributed by atoms with Gasteiger partial charge in [-0.1, -0.05) is 70.9 Å². The third kappa shape index (κ3) is 10.8. The van der Waals surface area contributed by atoms with Gasteiger partial charge in [0, 0.05) is 13.0 Å². The minimum Gasteiger partial charge on any atom is -0.446 e. The smallest absolute Gasteiger partial charge is 0.408 e. The number of benzene rings is 1. The van der Waals surface area contributed by atoms with Crippen molar-refractivity contribution in [3.8, 4) is 0 Å². The van der Waals surface area contributed by atoms with Crippen molar-refractivity contribution in [2.45, 2.75) is 91.3 Å². The molecule has 0 unspecified atom stereocenters. The third-order valence-electron chi connectivity index (χ3n) is 5.29. The van der Waals surface area contributed by atoms with Crippen molar-refractivity contribution in [2.75, 3.05) is 6.54 Å². The van der Waals surface area contributed by atoms with E-state index in [4.69, 9.17) is 4.74 Å². The van der Waals surface area contributed by atoms with Crippen LogP contribution in [0, 0.1) is 5.92 Å². The summed E-state index contributed by atoms with van der Waals surface area (Å²) in [6.45, 7) is 9.94. The van der Waals surface area contributed by atoms with Crippen molar-refractivity contribution >= 4 is 23.7 Å². The highest BCUT2D eigenvalue weighted by Gasteiger charge is 2.31. The number of alkyl carbamates (subject to hydrolysis) is 1. The van der Waals surface area contributed by atoms with Gasteiger partial charge >= 0.3 is 6.09 Å². The first-order chi connectivity index (χ1) is 16.2. The average Bonchev–Trinajstić information content (AvgIpc) is 2.78. The summed E-state index contributed by atoms with van der Waals surface area (Å²) in [6.07, 6.45) is 2.95. The zero-order valence-electron chi connectivity index (χ0n) is 21.2. The molecule has 1 aromatic carbocycles. The lowest BCUT2D eigenvalue weighted by Crippen LogP contribution is -2.55. The van der Waals surface area contributed by atoms with Crippen LogP contribution in [0.15, 0.2) is 30.3 Å². The van der Waals surface area contributed by atoms with E-state index in [1.807, 2.05) is 58.0 Å². The Morgan fingerprint density at radius 3 is 2.03 bits per heavy atom. The van der Waals surface area contributed by atoms with Crippen molar-refractivity contribution in [1.29, 1.82) is 0 Å². The molecule has 190 valence electrons. The first-order valence-corrected chi connectivity index (χ1v) is 12.3. The van der Waals surface area contributed by atoms with Crippen LogP contribution in [-0.4, -0.2) is 48.4 Å². The largest absolute Gasteiger partial charge is 0.446 e. The zero-order chi connectivity index (χ0) is 25.5. The minimum absolute atomic E-state index is 0.102. The summed E-state index contributed by atoms with van der Waals surface area (Å²) < 4.78 is 5.55. The van der Waals surface area contributed by atoms with E-state index < -0.39 is 35.8 Å². The van der Waals surface area contributed by atoms with Gasteiger partial charge in [-0.2, -0.15) is 0 Å². The number of amides is 3. The predicted molar refractivity (Wildman–Crippen MR) is 132 cm³/mol. The Labute approximate surface area is 203 Å². The Morgan fingerprint density at radius 1 is 0.882 bits per heavy atom. The molecular weight excluding hydrogens is 434 g/mol. The molecule has 3 amide bonds. The Hall–Kier alpha value is -2.90. The Kier molecular flexibility index (Phi) is 13.6. The molecule has 0 aliphatic rings. The monoisotopic (exact) mass is 475 g/mol. The third-order valence-corrected chi connectivity index (χ3v) is 5.29. The molecule has 0 bridgehead atoms. The number of likely N-dealkylation sites (N-methyl/N-ethyl adjacent to an activating group) is 1. The first-order valence-electron chi connectivity index (χ1n) is 12.3. The lowest BCUT2D eigenvalue weighted by molar-refractivity contribution is -0.140. The molecule has 0 aliphatic heterocycles. The lowest BCUT2D eigenvalue weighted by atomic mass is 9.99. The van der Waals surface area contributed by atoms with Crippen LogP contribution >= 0.6 is 0 Å². The molecule has 0 spiro atoms. The number of nitrogens with one attached hydrogen (secondary N) is 3. The maximum Gasteiger partial charge on any atom is 0.408 e. The number of hydrogen-bond acceptors (Lipinski definition) is 5. The van der Waals surface area contributed by atoms with Gasteiger partial charge in [-0.15, -0.1) is 0 Å². The Morgan fingerprint density at radius 2 is 1.50 bits per heavy atom. The van der Waals surface area contributed by atoms with Gasteiger partial charge in [0.15, 0.2) is 0 Å². The molecule has 0 fully saturated rings. The highest BCUT2D eigenvalue weighted by molar-refractivity contribution is 6.38. The molecule has 0 aliphatic carbocycles. The molecule has 0 saturated carbocycles. The quantitative estimate of drug-likeness (QED) is 0.336. The van der Waals surface area contributed by atoms with Crippen LogP contribution in [0.2, 0.25) is 0 Å². The number of ketones is 1. The second kappa shape index (κ2) is 15.9. The van der Waals surface area contributed by atoms with Gasteiger partial charge in [-0.05, 0) is 37.7 Å². The van der Waals surface area contributed by atoms with E-state index in [9.17, 15) is 19.2 Å². The van der Waals surface area contributed by atoms with E-state index in [1.165, 1.54) is 0 Å². The van der Waals surface area contributed by atoms with Gasteiger partial charge in [0.05, 0.1) is 0 Å². The molecule has 3 N–H and O–H groups in total. The number of Topliss-reactive ketones (excluding diaryl/α,β-unsaturated/α-hetero) is 1. The summed E-state index contributed by atoms with van der Waals surface area (Å²) >= 11 is 0. The minimum atomic E-state index is -1.05. The van der Waals surface area contributed by atoms with Crippen LogP contribution in [0.1, 0.15) is 72.3 Å². The van der Waals surface area contributed by atoms with Crippen molar-refractivity contribution in [1.82, 2.24) is 16.0 Å². The van der Waals surface area contributed by atoms with Gasteiger partial charge in [-0.3, -0.25) is 14.4 Å². The highest BCUT2D eigenvalue weighted by Crippen LogP contribution is 2.12. The summed E-state index contributed by atoms with van der Waals surface area (Å²) in [5, 5.41) is 7.87. The summed E-state index contributed by atoms with van der Waals surface area (Å²) in [6, 6.07) is 7.21. The van der Waals surface area contributed by atoms with E-state index in [0.29, 0.717) is 13.0 Å². The maximum absolute atomic E-state index is 13.2. The normalized spacial score (nSPS) is 12.7. The fourth-order valence-electron chi connectivity index (χ4n) is 3.67.